The van der Waals surface area contributed by atoms with Gasteiger partial charge in [-0.05, 0) is 50.9 Å². The van der Waals surface area contributed by atoms with Crippen LogP contribution in [0.1, 0.15) is 61.0 Å². The van der Waals surface area contributed by atoms with Crippen LogP contribution in [-0.2, 0) is 15.9 Å². The summed E-state index contributed by atoms with van der Waals surface area (Å²) >= 11 is 0. The smallest absolute Gasteiger partial charge is 0.493 e. The van der Waals surface area contributed by atoms with E-state index in [4.69, 9.17) is 18.8 Å². The fourth-order valence-electron chi connectivity index (χ4n) is 2.97. The summed E-state index contributed by atoms with van der Waals surface area (Å²) in [6.45, 7) is 16.4. The molecule has 1 saturated heterocycles. The third-order valence-corrected chi connectivity index (χ3v) is 5.33. The highest BCUT2D eigenvalue weighted by Crippen LogP contribution is 2.36. The molecule has 1 aromatic heterocycles. The largest absolute Gasteiger partial charge is 0.496 e. The van der Waals surface area contributed by atoms with E-state index in [1.54, 1.807) is 37.1 Å². The topological polar surface area (TPSA) is 58.9 Å². The number of hydrogen-bond acceptors (Lipinski definition) is 5. The molecule has 2 aromatic rings. The van der Waals surface area contributed by atoms with Crippen LogP contribution in [0.4, 0.5) is 0 Å². The third kappa shape index (κ3) is 6.14. The summed E-state index contributed by atoms with van der Waals surface area (Å²) in [4.78, 5) is 12.3. The number of benzene rings is 1. The van der Waals surface area contributed by atoms with E-state index in [0.29, 0.717) is 18.0 Å². The van der Waals surface area contributed by atoms with E-state index in [1.807, 2.05) is 73.6 Å². The van der Waals surface area contributed by atoms with Crippen LogP contribution in [0.2, 0.25) is 0 Å². The van der Waals surface area contributed by atoms with Crippen LogP contribution in [0.15, 0.2) is 41.3 Å². The van der Waals surface area contributed by atoms with Crippen molar-refractivity contribution in [2.45, 2.75) is 73.1 Å². The lowest BCUT2D eigenvalue weighted by molar-refractivity contribution is 0.00578. The van der Waals surface area contributed by atoms with Crippen molar-refractivity contribution in [3.05, 3.63) is 52.4 Å². The maximum Gasteiger partial charge on any atom is 0.496 e. The second-order valence-corrected chi connectivity index (χ2v) is 7.71. The number of ether oxygens (including phenoxy) is 2. The number of methoxy groups -OCH3 is 2. The van der Waals surface area contributed by atoms with Crippen LogP contribution in [0.3, 0.4) is 0 Å². The van der Waals surface area contributed by atoms with E-state index in [0.717, 1.165) is 11.0 Å². The van der Waals surface area contributed by atoms with Crippen molar-refractivity contribution in [3.63, 3.8) is 0 Å². The van der Waals surface area contributed by atoms with Crippen molar-refractivity contribution < 1.29 is 18.8 Å². The maximum atomic E-state index is 12.3. The second-order valence-electron chi connectivity index (χ2n) is 7.71. The lowest BCUT2D eigenvalue weighted by atomic mass is 9.80. The molecule has 0 unspecified atom stereocenters. The number of aromatic nitrogens is 1. The van der Waals surface area contributed by atoms with E-state index in [9.17, 15) is 4.79 Å². The van der Waals surface area contributed by atoms with Crippen molar-refractivity contribution in [3.8, 4) is 11.5 Å². The molecule has 172 valence electrons. The van der Waals surface area contributed by atoms with Gasteiger partial charge in [0.1, 0.15) is 0 Å². The molecule has 1 aliphatic rings. The fourth-order valence-corrected chi connectivity index (χ4v) is 2.97. The Hall–Kier alpha value is -2.25. The highest BCUT2D eigenvalue weighted by Gasteiger charge is 2.51. The average molecular weight is 431 g/mol. The normalized spacial score (nSPS) is 15.9. The van der Waals surface area contributed by atoms with E-state index in [1.165, 1.54) is 0 Å². The molecule has 0 spiro atoms. The first-order chi connectivity index (χ1) is 14.7. The first-order valence-corrected chi connectivity index (χ1v) is 10.9. The van der Waals surface area contributed by atoms with Gasteiger partial charge in [-0.15, -0.1) is 0 Å². The Kier molecular flexibility index (Phi) is 9.85. The van der Waals surface area contributed by atoms with E-state index in [-0.39, 0.29) is 5.56 Å². The molecule has 0 saturated carbocycles. The zero-order valence-electron chi connectivity index (χ0n) is 20.7. The molecule has 0 N–H and O–H groups in total. The van der Waals surface area contributed by atoms with Gasteiger partial charge in [0.05, 0.1) is 32.0 Å². The van der Waals surface area contributed by atoms with Crippen LogP contribution in [-0.4, -0.2) is 37.1 Å². The molecule has 3 rings (SSSR count). The fraction of sp³-hybridized carbons (Fsp3) is 0.542. The van der Waals surface area contributed by atoms with Crippen LogP contribution in [0, 0.1) is 0 Å². The zero-order valence-corrected chi connectivity index (χ0v) is 20.7. The number of pyridine rings is 1. The average Bonchev–Trinajstić information content (AvgIpc) is 2.99. The molecular formula is C24H38BNO5. The molecule has 1 aliphatic heterocycles. The second kappa shape index (κ2) is 11.4. The number of nitrogens with zero attached hydrogens (tertiary/aromatic N) is 1. The molecule has 7 heteroatoms. The van der Waals surface area contributed by atoms with Gasteiger partial charge in [0.25, 0.3) is 5.56 Å². The molecule has 1 fully saturated rings. The molecule has 2 heterocycles. The SMILES string of the molecule is CC.CC.COc1ccc(Cn2cc(B3OC(C)(C)C(C)(C)O3)ccc2=O)cc1OC. The highest BCUT2D eigenvalue weighted by atomic mass is 16.7. The Balaban J connectivity index is 0.00000113. The first-order valence-electron chi connectivity index (χ1n) is 10.9. The minimum atomic E-state index is -0.507. The van der Waals surface area contributed by atoms with Crippen LogP contribution >= 0.6 is 0 Å². The standard InChI is InChI=1S/C20H26BNO5.2C2H6/c1-19(2)20(3,4)27-21(26-19)15-8-10-18(23)22(13-15)12-14-7-9-16(24-5)17(11-14)25-6;2*1-2/h7-11,13H,12H2,1-6H3;2*1-2H3. The summed E-state index contributed by atoms with van der Waals surface area (Å²) in [7, 11) is 2.68. The summed E-state index contributed by atoms with van der Waals surface area (Å²) in [6, 6.07) is 8.91. The maximum absolute atomic E-state index is 12.3. The molecule has 0 aliphatic carbocycles. The van der Waals surface area contributed by atoms with Crippen LogP contribution in [0.5, 0.6) is 11.5 Å². The van der Waals surface area contributed by atoms with Gasteiger partial charge < -0.3 is 23.3 Å². The molecule has 0 amide bonds. The molecule has 31 heavy (non-hydrogen) atoms. The Bertz CT molecular complexity index is 876. The predicted octanol–water partition coefficient (Wildman–Crippen LogP) is 4.27. The van der Waals surface area contributed by atoms with Gasteiger partial charge in [0, 0.05) is 12.3 Å². The number of hydrogen-bond donors (Lipinski definition) is 0. The van der Waals surface area contributed by atoms with E-state index >= 15 is 0 Å². The van der Waals surface area contributed by atoms with Gasteiger partial charge in [-0.1, -0.05) is 39.8 Å². The summed E-state index contributed by atoms with van der Waals surface area (Å²) in [6.07, 6.45) is 1.79. The minimum Gasteiger partial charge on any atom is -0.493 e. The molecule has 1 aromatic carbocycles. The van der Waals surface area contributed by atoms with Gasteiger partial charge in [-0.3, -0.25) is 4.79 Å². The summed E-state index contributed by atoms with van der Waals surface area (Å²) in [5.41, 5.74) is 0.795. The Morgan fingerprint density at radius 1 is 0.871 bits per heavy atom. The van der Waals surface area contributed by atoms with Crippen LogP contribution < -0.4 is 20.5 Å². The first kappa shape index (κ1) is 26.8. The number of rotatable bonds is 5. The Labute approximate surface area is 187 Å². The van der Waals surface area contributed by atoms with Crippen molar-refractivity contribution in [2.75, 3.05) is 14.2 Å². The predicted molar refractivity (Wildman–Crippen MR) is 128 cm³/mol. The highest BCUT2D eigenvalue weighted by molar-refractivity contribution is 6.62. The third-order valence-electron chi connectivity index (χ3n) is 5.33. The Morgan fingerprint density at radius 2 is 1.42 bits per heavy atom. The van der Waals surface area contributed by atoms with Gasteiger partial charge in [0.2, 0.25) is 0 Å². The lowest BCUT2D eigenvalue weighted by Gasteiger charge is -2.32. The van der Waals surface area contributed by atoms with Gasteiger partial charge in [-0.2, -0.15) is 0 Å². The molecule has 0 bridgehead atoms. The van der Waals surface area contributed by atoms with Crippen molar-refractivity contribution >= 4 is 12.6 Å². The molecule has 0 atom stereocenters. The summed E-state index contributed by atoms with van der Waals surface area (Å²) < 4.78 is 24.4. The van der Waals surface area contributed by atoms with Gasteiger partial charge >= 0.3 is 7.12 Å². The Morgan fingerprint density at radius 3 is 1.94 bits per heavy atom. The van der Waals surface area contributed by atoms with Crippen molar-refractivity contribution in [1.82, 2.24) is 4.57 Å². The minimum absolute atomic E-state index is 0.0925. The van der Waals surface area contributed by atoms with E-state index < -0.39 is 18.3 Å². The lowest BCUT2D eigenvalue weighted by Crippen LogP contribution is -2.41. The zero-order chi connectivity index (χ0) is 23.8. The summed E-state index contributed by atoms with van der Waals surface area (Å²) in [5.74, 6) is 1.28. The summed E-state index contributed by atoms with van der Waals surface area (Å²) in [5, 5.41) is 0. The molecule has 0 radical (unpaired) electrons. The quantitative estimate of drug-likeness (QED) is 0.662. The van der Waals surface area contributed by atoms with Gasteiger partial charge in [-0.25, -0.2) is 0 Å². The van der Waals surface area contributed by atoms with Gasteiger partial charge in [0.15, 0.2) is 11.5 Å². The monoisotopic (exact) mass is 431 g/mol. The molecule has 6 nitrogen and oxygen atoms in total. The molecular weight excluding hydrogens is 393 g/mol. The van der Waals surface area contributed by atoms with Crippen molar-refractivity contribution in [1.29, 1.82) is 0 Å². The van der Waals surface area contributed by atoms with E-state index in [2.05, 4.69) is 0 Å². The van der Waals surface area contributed by atoms with Crippen molar-refractivity contribution in [2.24, 2.45) is 0 Å². The van der Waals surface area contributed by atoms with Crippen LogP contribution in [0.25, 0.3) is 0 Å².